The van der Waals surface area contributed by atoms with Crippen molar-refractivity contribution in [1.29, 1.82) is 0 Å². The van der Waals surface area contributed by atoms with Crippen molar-refractivity contribution in [2.45, 2.75) is 206 Å². The largest absolute Gasteiger partial charge is 0.472 e. The van der Waals surface area contributed by atoms with Gasteiger partial charge in [0.15, 0.2) is 6.10 Å². The third kappa shape index (κ3) is 36.5. The van der Waals surface area contributed by atoms with Gasteiger partial charge in [0.1, 0.15) is 6.61 Å². The van der Waals surface area contributed by atoms with E-state index in [1.54, 1.807) is 0 Å². The van der Waals surface area contributed by atoms with Crippen LogP contribution in [0.3, 0.4) is 0 Å². The van der Waals surface area contributed by atoms with E-state index in [0.717, 1.165) is 57.8 Å². The summed E-state index contributed by atoms with van der Waals surface area (Å²) in [7, 11) is -4.37. The van der Waals surface area contributed by atoms with Crippen LogP contribution in [0, 0.1) is 0 Å². The lowest BCUT2D eigenvalue weighted by atomic mass is 10.0. The SMILES string of the molecule is CCC/C=C\CCCCCCCC(=O)OC(COC(=O)CCCCCCCCCCCCCCCCCCCCC)COP(=O)(O)OCCN. The molecule has 0 aliphatic carbocycles. The maximum Gasteiger partial charge on any atom is 0.472 e. The molecule has 0 saturated carbocycles. The fourth-order valence-electron chi connectivity index (χ4n) is 5.81. The quantitative estimate of drug-likeness (QED) is 0.0274. The highest BCUT2D eigenvalue weighted by Crippen LogP contribution is 2.43. The number of ether oxygens (including phenoxy) is 2. The average Bonchev–Trinajstić information content (AvgIpc) is 3.10. The van der Waals surface area contributed by atoms with Crippen LogP contribution in [0.15, 0.2) is 12.2 Å². The van der Waals surface area contributed by atoms with E-state index in [1.807, 2.05) is 0 Å². The second-order valence-corrected chi connectivity index (χ2v) is 15.3. The Hall–Kier alpha value is -1.25. The van der Waals surface area contributed by atoms with Gasteiger partial charge in [0, 0.05) is 19.4 Å². The Labute approximate surface area is 307 Å². The fourth-order valence-corrected chi connectivity index (χ4v) is 6.58. The normalized spacial score (nSPS) is 13.4. The van der Waals surface area contributed by atoms with Crippen molar-refractivity contribution in [3.8, 4) is 0 Å². The van der Waals surface area contributed by atoms with Crippen molar-refractivity contribution in [3.05, 3.63) is 12.2 Å². The first kappa shape index (κ1) is 48.8. The molecule has 0 aromatic rings. The van der Waals surface area contributed by atoms with E-state index in [0.29, 0.717) is 6.42 Å². The Morgan fingerprint density at radius 1 is 0.580 bits per heavy atom. The van der Waals surface area contributed by atoms with Gasteiger partial charge in [0.05, 0.1) is 13.2 Å². The van der Waals surface area contributed by atoms with Gasteiger partial charge in [-0.05, 0) is 32.1 Å². The minimum absolute atomic E-state index is 0.0545. The fraction of sp³-hybridized carbons (Fsp3) is 0.900. The first-order chi connectivity index (χ1) is 24.3. The number of allylic oxidation sites excluding steroid dienone is 2. The van der Waals surface area contributed by atoms with Gasteiger partial charge in [0.25, 0.3) is 0 Å². The third-order valence-corrected chi connectivity index (χ3v) is 9.87. The first-order valence-corrected chi connectivity index (χ1v) is 22.2. The van der Waals surface area contributed by atoms with E-state index < -0.39 is 26.5 Å². The molecule has 10 heteroatoms. The maximum atomic E-state index is 12.5. The van der Waals surface area contributed by atoms with Gasteiger partial charge in [0.2, 0.25) is 0 Å². The molecule has 0 saturated heterocycles. The van der Waals surface area contributed by atoms with E-state index in [2.05, 4.69) is 26.0 Å². The molecule has 2 unspecified atom stereocenters. The average molecular weight is 732 g/mol. The van der Waals surface area contributed by atoms with Crippen LogP contribution in [0.2, 0.25) is 0 Å². The molecule has 2 atom stereocenters. The molecule has 50 heavy (non-hydrogen) atoms. The number of carbonyl (C=O) groups is 2. The molecule has 0 rings (SSSR count). The number of phosphoric acid groups is 1. The van der Waals surface area contributed by atoms with E-state index >= 15 is 0 Å². The van der Waals surface area contributed by atoms with Gasteiger partial charge < -0.3 is 20.1 Å². The lowest BCUT2D eigenvalue weighted by Crippen LogP contribution is -2.29. The zero-order valence-corrected chi connectivity index (χ0v) is 33.3. The van der Waals surface area contributed by atoms with Crippen LogP contribution in [0.1, 0.15) is 200 Å². The van der Waals surface area contributed by atoms with Crippen LogP contribution in [0.4, 0.5) is 0 Å². The van der Waals surface area contributed by atoms with Gasteiger partial charge in [-0.3, -0.25) is 18.6 Å². The number of esters is 2. The van der Waals surface area contributed by atoms with E-state index in [4.69, 9.17) is 24.3 Å². The number of hydrogen-bond donors (Lipinski definition) is 2. The smallest absolute Gasteiger partial charge is 0.462 e. The van der Waals surface area contributed by atoms with E-state index in [1.165, 1.54) is 109 Å². The molecular weight excluding hydrogens is 653 g/mol. The van der Waals surface area contributed by atoms with Crippen molar-refractivity contribution < 1.29 is 37.6 Å². The number of unbranched alkanes of at least 4 members (excludes halogenated alkanes) is 24. The predicted octanol–water partition coefficient (Wildman–Crippen LogP) is 11.4. The Kier molecular flexibility index (Phi) is 36.6. The lowest BCUT2D eigenvalue weighted by molar-refractivity contribution is -0.161. The van der Waals surface area contributed by atoms with Gasteiger partial charge in [-0.25, -0.2) is 4.57 Å². The van der Waals surface area contributed by atoms with Crippen LogP contribution in [0.25, 0.3) is 0 Å². The van der Waals surface area contributed by atoms with Gasteiger partial charge in [-0.15, -0.1) is 0 Å². The summed E-state index contributed by atoms with van der Waals surface area (Å²) in [5.74, 6) is -0.833. The second kappa shape index (κ2) is 37.5. The molecule has 0 aromatic heterocycles. The van der Waals surface area contributed by atoms with Crippen LogP contribution in [0.5, 0.6) is 0 Å². The first-order valence-electron chi connectivity index (χ1n) is 20.7. The molecule has 0 fully saturated rings. The predicted molar refractivity (Wildman–Crippen MR) is 206 cm³/mol. The van der Waals surface area contributed by atoms with Crippen LogP contribution in [-0.4, -0.2) is 49.3 Å². The number of rotatable bonds is 39. The van der Waals surface area contributed by atoms with Crippen molar-refractivity contribution in [2.24, 2.45) is 5.73 Å². The molecule has 0 aliphatic rings. The minimum Gasteiger partial charge on any atom is -0.462 e. The molecule has 0 aromatic carbocycles. The molecule has 296 valence electrons. The number of hydrogen-bond acceptors (Lipinski definition) is 8. The van der Waals surface area contributed by atoms with Crippen molar-refractivity contribution in [1.82, 2.24) is 0 Å². The molecule has 0 heterocycles. The number of phosphoric ester groups is 1. The highest BCUT2D eigenvalue weighted by molar-refractivity contribution is 7.47. The monoisotopic (exact) mass is 732 g/mol. The van der Waals surface area contributed by atoms with Crippen LogP contribution in [-0.2, 0) is 32.7 Å². The summed E-state index contributed by atoms with van der Waals surface area (Å²) in [5, 5.41) is 0. The summed E-state index contributed by atoms with van der Waals surface area (Å²) < 4.78 is 32.7. The lowest BCUT2D eigenvalue weighted by Gasteiger charge is -2.19. The Morgan fingerprint density at radius 2 is 1.02 bits per heavy atom. The van der Waals surface area contributed by atoms with Gasteiger partial charge in [-0.1, -0.05) is 167 Å². The Morgan fingerprint density at radius 3 is 1.50 bits per heavy atom. The summed E-state index contributed by atoms with van der Waals surface area (Å²) in [5.41, 5.74) is 5.33. The molecular formula is C40H78NO8P. The molecule has 9 nitrogen and oxygen atoms in total. The van der Waals surface area contributed by atoms with E-state index in [-0.39, 0.29) is 38.6 Å². The van der Waals surface area contributed by atoms with Gasteiger partial charge >= 0.3 is 19.8 Å². The van der Waals surface area contributed by atoms with Crippen LogP contribution < -0.4 is 5.73 Å². The summed E-state index contributed by atoms with van der Waals surface area (Å²) in [6.45, 7) is 3.67. The Bertz CT molecular complexity index is 840. The summed E-state index contributed by atoms with van der Waals surface area (Å²) in [4.78, 5) is 34.7. The summed E-state index contributed by atoms with van der Waals surface area (Å²) in [6.07, 6.45) is 36.8. The van der Waals surface area contributed by atoms with Crippen LogP contribution >= 0.6 is 7.82 Å². The van der Waals surface area contributed by atoms with Crippen molar-refractivity contribution in [3.63, 3.8) is 0 Å². The molecule has 0 bridgehead atoms. The van der Waals surface area contributed by atoms with Crippen molar-refractivity contribution in [2.75, 3.05) is 26.4 Å². The molecule has 3 N–H and O–H groups in total. The second-order valence-electron chi connectivity index (χ2n) is 13.9. The van der Waals surface area contributed by atoms with Crippen molar-refractivity contribution >= 4 is 19.8 Å². The molecule has 0 aliphatic heterocycles. The summed E-state index contributed by atoms with van der Waals surface area (Å²) >= 11 is 0. The number of nitrogens with two attached hydrogens (primary N) is 1. The minimum atomic E-state index is -4.37. The Balaban J connectivity index is 4.06. The topological polar surface area (TPSA) is 134 Å². The highest BCUT2D eigenvalue weighted by atomic mass is 31.2. The van der Waals surface area contributed by atoms with Gasteiger partial charge in [-0.2, -0.15) is 0 Å². The molecule has 0 amide bonds. The molecule has 0 spiro atoms. The highest BCUT2D eigenvalue weighted by Gasteiger charge is 2.26. The molecule has 0 radical (unpaired) electrons. The third-order valence-electron chi connectivity index (χ3n) is 8.88. The van der Waals surface area contributed by atoms with E-state index in [9.17, 15) is 19.0 Å². The zero-order valence-electron chi connectivity index (χ0n) is 32.4. The zero-order chi connectivity index (χ0) is 36.8. The maximum absolute atomic E-state index is 12.5. The number of carbonyl (C=O) groups excluding carboxylic acids is 2. The summed E-state index contributed by atoms with van der Waals surface area (Å²) in [6, 6.07) is 0. The standard InChI is InChI=1S/C40H78NO8P/c1-3-5-7-9-11-13-15-16-17-18-19-20-21-22-23-25-26-28-30-32-39(42)46-36-38(37-48-50(44,45)47-35-34-41)49-40(43)33-31-29-27-24-14-12-10-8-6-4-2/h8,10,38H,3-7,9,11-37,41H2,1-2H3,(H,44,45)/b10-8-.